The van der Waals surface area contributed by atoms with E-state index in [9.17, 15) is 45.3 Å². The number of hydrogen-bond acceptors (Lipinski definition) is 9. The summed E-state index contributed by atoms with van der Waals surface area (Å²) in [6, 6.07) is 1.51. The Morgan fingerprint density at radius 2 is 1.42 bits per heavy atom. The molecule has 0 N–H and O–H groups in total. The summed E-state index contributed by atoms with van der Waals surface area (Å²) >= 11 is 0. The zero-order valence-electron chi connectivity index (χ0n) is 12.3. The summed E-state index contributed by atoms with van der Waals surface area (Å²) in [6.07, 6.45) is 1.36. The van der Waals surface area contributed by atoms with Crippen LogP contribution in [0.4, 0.5) is 11.4 Å². The van der Waals surface area contributed by atoms with E-state index < -0.39 is 59.4 Å². The topological polar surface area (TPSA) is 190 Å². The van der Waals surface area contributed by atoms with Gasteiger partial charge in [0.15, 0.2) is 0 Å². The molecular weight excluding hydrogens is 356 g/mol. The third-order valence-electron chi connectivity index (χ3n) is 3.76. The minimum Gasteiger partial charge on any atom is -0.282 e. The summed E-state index contributed by atoms with van der Waals surface area (Å²) in [5.41, 5.74) is -4.94. The van der Waals surface area contributed by atoms with Gasteiger partial charge in [-0.15, -0.1) is 0 Å². The molecule has 13 nitrogen and oxygen atoms in total. The van der Waals surface area contributed by atoms with Gasteiger partial charge < -0.3 is 0 Å². The van der Waals surface area contributed by atoms with Crippen LogP contribution in [0.2, 0.25) is 0 Å². The first-order chi connectivity index (χ1) is 12.1. The molecule has 130 valence electrons. The van der Waals surface area contributed by atoms with Crippen molar-refractivity contribution in [1.29, 1.82) is 0 Å². The number of nitro groups is 4. The molecule has 0 saturated carbocycles. The molecule has 0 fully saturated rings. The highest BCUT2D eigenvalue weighted by molar-refractivity contribution is 6.26. The zero-order valence-corrected chi connectivity index (χ0v) is 12.3. The molecule has 13 heteroatoms. The first-order valence-electron chi connectivity index (χ1n) is 6.62. The van der Waals surface area contributed by atoms with Crippen molar-refractivity contribution in [1.82, 2.24) is 0 Å². The van der Waals surface area contributed by atoms with E-state index in [0.29, 0.717) is 12.1 Å². The lowest BCUT2D eigenvalue weighted by Gasteiger charge is -2.10. The molecule has 0 saturated heterocycles. The molecule has 0 spiro atoms. The van der Waals surface area contributed by atoms with Crippen molar-refractivity contribution in [2.24, 2.45) is 0 Å². The number of carbonyl (C=O) groups excluding carboxylic acids is 1. The molecule has 0 unspecified atom stereocenters. The van der Waals surface area contributed by atoms with E-state index in [0.717, 1.165) is 12.1 Å². The number of fused-ring (bicyclic) bond motifs is 3. The number of nitro benzene ring substituents is 2. The van der Waals surface area contributed by atoms with E-state index >= 15 is 0 Å². The molecule has 1 aromatic carbocycles. The molecule has 0 atom stereocenters. The second-order valence-corrected chi connectivity index (χ2v) is 5.13. The molecule has 0 amide bonds. The third kappa shape index (κ3) is 2.22. The highest BCUT2D eigenvalue weighted by Crippen LogP contribution is 2.47. The quantitative estimate of drug-likeness (QED) is 0.567. The monoisotopic (exact) mass is 360 g/mol. The molecule has 2 aliphatic carbocycles. The summed E-state index contributed by atoms with van der Waals surface area (Å²) in [6.45, 7) is 0. The first kappa shape index (κ1) is 16.6. The van der Waals surface area contributed by atoms with Crippen molar-refractivity contribution in [3.05, 3.63) is 86.8 Å². The smallest absolute Gasteiger partial charge is 0.282 e. The number of nitrogens with zero attached hydrogens (tertiary/aromatic N) is 4. The normalized spacial score (nSPS) is 15.0. The van der Waals surface area contributed by atoms with E-state index in [1.165, 1.54) is 0 Å². The van der Waals surface area contributed by atoms with Gasteiger partial charge in [-0.25, -0.2) is 0 Å². The average Bonchev–Trinajstić information content (AvgIpc) is 2.93. The van der Waals surface area contributed by atoms with Crippen molar-refractivity contribution in [3.8, 4) is 0 Å². The predicted octanol–water partition coefficient (Wildman–Crippen LogP) is 1.63. The molecule has 0 aliphatic heterocycles. The Balaban J connectivity index is 2.43. The molecule has 26 heavy (non-hydrogen) atoms. The Hall–Kier alpha value is -4.29. The lowest BCUT2D eigenvalue weighted by atomic mass is 9.91. The van der Waals surface area contributed by atoms with E-state index in [4.69, 9.17) is 0 Å². The van der Waals surface area contributed by atoms with Gasteiger partial charge in [0.05, 0.1) is 43.0 Å². The highest BCUT2D eigenvalue weighted by Gasteiger charge is 2.45. The molecule has 0 radical (unpaired) electrons. The molecule has 2 aliphatic rings. The first-order valence-corrected chi connectivity index (χ1v) is 6.62. The van der Waals surface area contributed by atoms with Gasteiger partial charge >= 0.3 is 5.70 Å². The summed E-state index contributed by atoms with van der Waals surface area (Å²) < 4.78 is 0. The van der Waals surface area contributed by atoms with Gasteiger partial charge in [-0.05, 0) is 11.6 Å². The number of ketones is 1. The molecule has 1 aromatic rings. The molecule has 3 rings (SSSR count). The van der Waals surface area contributed by atoms with Crippen LogP contribution in [-0.2, 0) is 4.79 Å². The van der Waals surface area contributed by atoms with Crippen molar-refractivity contribution >= 4 is 28.8 Å². The van der Waals surface area contributed by atoms with Gasteiger partial charge in [-0.1, -0.05) is 0 Å². The second kappa shape index (κ2) is 5.37. The Morgan fingerprint density at radius 3 is 1.92 bits per heavy atom. The van der Waals surface area contributed by atoms with Gasteiger partial charge in [0.25, 0.3) is 22.9 Å². The molecule has 0 bridgehead atoms. The van der Waals surface area contributed by atoms with Crippen LogP contribution in [0, 0.1) is 40.5 Å². The van der Waals surface area contributed by atoms with Crippen LogP contribution in [0.25, 0.3) is 11.6 Å². The Labute approximate surface area is 141 Å². The zero-order chi connectivity index (χ0) is 19.3. The predicted molar refractivity (Wildman–Crippen MR) is 81.7 cm³/mol. The Bertz CT molecular complexity index is 1060. The van der Waals surface area contributed by atoms with Crippen LogP contribution < -0.4 is 0 Å². The van der Waals surface area contributed by atoms with Gasteiger partial charge in [0.1, 0.15) is 0 Å². The summed E-state index contributed by atoms with van der Waals surface area (Å²) in [4.78, 5) is 52.7. The number of allylic oxidation sites excluding steroid dienone is 3. The average molecular weight is 360 g/mol. The van der Waals surface area contributed by atoms with Gasteiger partial charge in [0.2, 0.25) is 0 Å². The van der Waals surface area contributed by atoms with Gasteiger partial charge in [0, 0.05) is 11.6 Å². The molecule has 0 aromatic heterocycles. The molecule has 0 heterocycles. The highest BCUT2D eigenvalue weighted by atomic mass is 16.6. The van der Waals surface area contributed by atoms with E-state index in [1.54, 1.807) is 0 Å². The lowest BCUT2D eigenvalue weighted by Crippen LogP contribution is -2.20. The largest absolute Gasteiger partial charge is 0.323 e. The number of non-ortho nitro benzene ring substituents is 1. The van der Waals surface area contributed by atoms with Crippen LogP contribution in [0.3, 0.4) is 0 Å². The number of carbonyl (C=O) groups is 1. The van der Waals surface area contributed by atoms with Crippen LogP contribution in [0.1, 0.15) is 11.1 Å². The van der Waals surface area contributed by atoms with Crippen molar-refractivity contribution in [2.75, 3.05) is 0 Å². The van der Waals surface area contributed by atoms with Gasteiger partial charge in [-0.2, -0.15) is 0 Å². The van der Waals surface area contributed by atoms with Gasteiger partial charge in [-0.3, -0.25) is 45.3 Å². The number of Topliss-reactive ketones (excluding diaryl/α,β-unsaturated/α-hetero) is 1. The van der Waals surface area contributed by atoms with Crippen molar-refractivity contribution in [3.63, 3.8) is 0 Å². The maximum atomic E-state index is 12.2. The summed E-state index contributed by atoms with van der Waals surface area (Å²) in [7, 11) is 0. The van der Waals surface area contributed by atoms with Crippen molar-refractivity contribution in [2.45, 2.75) is 0 Å². The third-order valence-corrected chi connectivity index (χ3v) is 3.76. The summed E-state index contributed by atoms with van der Waals surface area (Å²) in [5, 5.41) is 44.5. The van der Waals surface area contributed by atoms with E-state index in [2.05, 4.69) is 0 Å². The van der Waals surface area contributed by atoms with Crippen LogP contribution in [0.5, 0.6) is 0 Å². The Kier molecular flexibility index (Phi) is 3.42. The van der Waals surface area contributed by atoms with Crippen LogP contribution in [0.15, 0.2) is 35.2 Å². The maximum Gasteiger partial charge on any atom is 0.323 e. The Morgan fingerprint density at radius 1 is 0.769 bits per heavy atom. The fourth-order valence-corrected chi connectivity index (χ4v) is 2.76. The number of benzene rings is 1. The fraction of sp³-hybridized carbons (Fsp3) is 0. The summed E-state index contributed by atoms with van der Waals surface area (Å²) in [5.74, 6) is -1.18. The van der Waals surface area contributed by atoms with E-state index in [-0.39, 0.29) is 11.1 Å². The fourth-order valence-electron chi connectivity index (χ4n) is 2.76. The van der Waals surface area contributed by atoms with Crippen molar-refractivity contribution < 1.29 is 24.5 Å². The maximum absolute atomic E-state index is 12.2. The van der Waals surface area contributed by atoms with Crippen LogP contribution >= 0.6 is 0 Å². The van der Waals surface area contributed by atoms with E-state index in [1.807, 2.05) is 0 Å². The van der Waals surface area contributed by atoms with Crippen LogP contribution in [-0.4, -0.2) is 25.5 Å². The lowest BCUT2D eigenvalue weighted by molar-refractivity contribution is -0.430. The minimum atomic E-state index is -1.18. The SMILES string of the molecule is O=C1C2=Cc3cc([N+](=O)[O-])cc([N+](=O)[O-])c3C2=C([N+](=O)[O-])C=C1[N+](=O)[O-]. The minimum absolute atomic E-state index is 0.179. The number of rotatable bonds is 4. The number of hydrogen-bond donors (Lipinski definition) is 0. The second-order valence-electron chi connectivity index (χ2n) is 5.13. The standard InChI is InChI=1S/C13H4N4O9/c18-13-7-2-5-1-6(14(19)20)3-8(15(21)22)11(5)12(7)9(16(23)24)4-10(13)17(25)26/h1-4H. The molecular formula is C13H4N4O9.